The average Bonchev–Trinajstić information content (AvgIpc) is 2.16. The molecular formula is C11H10ClNO. The Morgan fingerprint density at radius 3 is 2.71 bits per heavy atom. The van der Waals surface area contributed by atoms with Gasteiger partial charge in [0.2, 0.25) is 0 Å². The highest BCUT2D eigenvalue weighted by Crippen LogP contribution is 2.33. The van der Waals surface area contributed by atoms with Gasteiger partial charge in [-0.05, 0) is 26.0 Å². The number of pyridine rings is 1. The molecule has 0 aliphatic heterocycles. The SMILES string of the molecule is Cc1ccc2nc(C)c(O)c(Cl)c2c1. The van der Waals surface area contributed by atoms with Crippen molar-refractivity contribution >= 4 is 22.5 Å². The van der Waals surface area contributed by atoms with E-state index in [2.05, 4.69) is 4.98 Å². The third-order valence-electron chi connectivity index (χ3n) is 2.23. The number of benzene rings is 1. The first-order valence-corrected chi connectivity index (χ1v) is 4.73. The number of rotatable bonds is 0. The van der Waals surface area contributed by atoms with Crippen LogP contribution in [0.1, 0.15) is 11.3 Å². The van der Waals surface area contributed by atoms with Crippen LogP contribution in [0.4, 0.5) is 0 Å². The van der Waals surface area contributed by atoms with Crippen molar-refractivity contribution in [2.24, 2.45) is 0 Å². The molecule has 1 N–H and O–H groups in total. The van der Waals surface area contributed by atoms with E-state index in [1.54, 1.807) is 6.92 Å². The molecule has 0 saturated carbocycles. The molecule has 2 rings (SSSR count). The van der Waals surface area contributed by atoms with Gasteiger partial charge in [0.15, 0.2) is 5.75 Å². The van der Waals surface area contributed by atoms with Crippen LogP contribution in [0.2, 0.25) is 5.02 Å². The quantitative estimate of drug-likeness (QED) is 0.720. The second kappa shape index (κ2) is 3.14. The second-order valence-electron chi connectivity index (χ2n) is 3.38. The zero-order valence-electron chi connectivity index (χ0n) is 8.00. The van der Waals surface area contributed by atoms with Crippen molar-refractivity contribution in [3.63, 3.8) is 0 Å². The van der Waals surface area contributed by atoms with Crippen molar-refractivity contribution in [3.05, 3.63) is 34.5 Å². The van der Waals surface area contributed by atoms with Gasteiger partial charge in [0.05, 0.1) is 16.2 Å². The van der Waals surface area contributed by atoms with Crippen LogP contribution in [0.3, 0.4) is 0 Å². The number of halogens is 1. The average molecular weight is 208 g/mol. The van der Waals surface area contributed by atoms with Gasteiger partial charge >= 0.3 is 0 Å². The Bertz CT molecular complexity index is 508. The van der Waals surface area contributed by atoms with Crippen molar-refractivity contribution in [3.8, 4) is 5.75 Å². The fourth-order valence-electron chi connectivity index (χ4n) is 1.44. The van der Waals surface area contributed by atoms with E-state index < -0.39 is 0 Å². The van der Waals surface area contributed by atoms with Gasteiger partial charge in [-0.3, -0.25) is 0 Å². The van der Waals surface area contributed by atoms with Gasteiger partial charge in [0, 0.05) is 5.39 Å². The molecule has 0 atom stereocenters. The molecule has 0 spiro atoms. The highest BCUT2D eigenvalue weighted by molar-refractivity contribution is 6.36. The number of aryl methyl sites for hydroxylation is 2. The molecular weight excluding hydrogens is 198 g/mol. The molecule has 1 aromatic heterocycles. The van der Waals surface area contributed by atoms with E-state index in [0.29, 0.717) is 10.7 Å². The van der Waals surface area contributed by atoms with Gasteiger partial charge in [-0.25, -0.2) is 4.98 Å². The van der Waals surface area contributed by atoms with Crippen LogP contribution in [0.25, 0.3) is 10.9 Å². The Labute approximate surface area is 87.2 Å². The lowest BCUT2D eigenvalue weighted by atomic mass is 10.1. The maximum atomic E-state index is 9.60. The Kier molecular flexibility index (Phi) is 2.08. The van der Waals surface area contributed by atoms with Gasteiger partial charge < -0.3 is 5.11 Å². The number of fused-ring (bicyclic) bond motifs is 1. The van der Waals surface area contributed by atoms with Gasteiger partial charge in [-0.15, -0.1) is 0 Å². The lowest BCUT2D eigenvalue weighted by molar-refractivity contribution is 0.469. The minimum Gasteiger partial charge on any atom is -0.505 e. The van der Waals surface area contributed by atoms with Crippen LogP contribution in [0.15, 0.2) is 18.2 Å². The first-order chi connectivity index (χ1) is 6.59. The normalized spacial score (nSPS) is 10.8. The monoisotopic (exact) mass is 207 g/mol. The number of hydrogen-bond donors (Lipinski definition) is 1. The van der Waals surface area contributed by atoms with E-state index in [1.165, 1.54) is 0 Å². The zero-order chi connectivity index (χ0) is 10.3. The highest BCUT2D eigenvalue weighted by Gasteiger charge is 2.09. The van der Waals surface area contributed by atoms with Crippen molar-refractivity contribution in [1.29, 1.82) is 0 Å². The van der Waals surface area contributed by atoms with Crippen LogP contribution in [0, 0.1) is 13.8 Å². The fourth-order valence-corrected chi connectivity index (χ4v) is 1.73. The Morgan fingerprint density at radius 1 is 1.29 bits per heavy atom. The smallest absolute Gasteiger partial charge is 0.156 e. The van der Waals surface area contributed by atoms with Gasteiger partial charge in [0.1, 0.15) is 0 Å². The van der Waals surface area contributed by atoms with Gasteiger partial charge in [-0.1, -0.05) is 23.2 Å². The third kappa shape index (κ3) is 1.32. The van der Waals surface area contributed by atoms with E-state index in [4.69, 9.17) is 11.6 Å². The summed E-state index contributed by atoms with van der Waals surface area (Å²) in [6, 6.07) is 5.80. The molecule has 2 nitrogen and oxygen atoms in total. The van der Waals surface area contributed by atoms with Crippen molar-refractivity contribution in [2.75, 3.05) is 0 Å². The van der Waals surface area contributed by atoms with Crippen LogP contribution in [0.5, 0.6) is 5.75 Å². The van der Waals surface area contributed by atoms with Crippen molar-refractivity contribution in [1.82, 2.24) is 4.98 Å². The zero-order valence-corrected chi connectivity index (χ0v) is 8.76. The van der Waals surface area contributed by atoms with Crippen LogP contribution >= 0.6 is 11.6 Å². The Hall–Kier alpha value is -1.28. The number of nitrogens with zero attached hydrogens (tertiary/aromatic N) is 1. The minimum atomic E-state index is 0.0739. The summed E-state index contributed by atoms with van der Waals surface area (Å²) in [7, 11) is 0. The first kappa shape index (κ1) is 9.28. The molecule has 0 amide bonds. The third-order valence-corrected chi connectivity index (χ3v) is 2.61. The first-order valence-electron chi connectivity index (χ1n) is 4.35. The summed E-state index contributed by atoms with van der Waals surface area (Å²) in [5, 5.41) is 10.8. The molecule has 0 aliphatic rings. The van der Waals surface area contributed by atoms with E-state index in [0.717, 1.165) is 16.5 Å². The molecule has 0 saturated heterocycles. The van der Waals surface area contributed by atoms with E-state index in [-0.39, 0.29) is 5.75 Å². The summed E-state index contributed by atoms with van der Waals surface area (Å²) < 4.78 is 0. The summed E-state index contributed by atoms with van der Waals surface area (Å²) in [6.07, 6.45) is 0. The molecule has 1 heterocycles. The van der Waals surface area contributed by atoms with Crippen molar-refractivity contribution in [2.45, 2.75) is 13.8 Å². The standard InChI is InChI=1S/C11H10ClNO/c1-6-3-4-9-8(5-6)10(12)11(14)7(2)13-9/h3-5,14H,1-2H3. The van der Waals surface area contributed by atoms with Crippen molar-refractivity contribution < 1.29 is 5.11 Å². The summed E-state index contributed by atoms with van der Waals surface area (Å²) in [5.74, 6) is 0.0739. The van der Waals surface area contributed by atoms with E-state index in [1.807, 2.05) is 25.1 Å². The Balaban J connectivity index is 2.92. The predicted molar refractivity (Wildman–Crippen MR) is 57.9 cm³/mol. The van der Waals surface area contributed by atoms with Crippen LogP contribution in [-0.4, -0.2) is 10.1 Å². The van der Waals surface area contributed by atoms with Gasteiger partial charge in [-0.2, -0.15) is 0 Å². The van der Waals surface area contributed by atoms with Crippen LogP contribution in [-0.2, 0) is 0 Å². The second-order valence-corrected chi connectivity index (χ2v) is 3.76. The van der Waals surface area contributed by atoms with E-state index >= 15 is 0 Å². The van der Waals surface area contributed by atoms with Crippen LogP contribution < -0.4 is 0 Å². The molecule has 2 aromatic rings. The summed E-state index contributed by atoms with van der Waals surface area (Å²) >= 11 is 6.01. The molecule has 72 valence electrons. The predicted octanol–water partition coefficient (Wildman–Crippen LogP) is 3.21. The summed E-state index contributed by atoms with van der Waals surface area (Å²) in [4.78, 5) is 4.24. The largest absolute Gasteiger partial charge is 0.505 e. The molecule has 0 radical (unpaired) electrons. The lowest BCUT2D eigenvalue weighted by Gasteiger charge is -2.05. The van der Waals surface area contributed by atoms with E-state index in [9.17, 15) is 5.11 Å². The highest BCUT2D eigenvalue weighted by atomic mass is 35.5. The molecule has 3 heteroatoms. The molecule has 1 aromatic carbocycles. The maximum Gasteiger partial charge on any atom is 0.156 e. The number of aromatic nitrogens is 1. The summed E-state index contributed by atoms with van der Waals surface area (Å²) in [6.45, 7) is 3.72. The fraction of sp³-hybridized carbons (Fsp3) is 0.182. The topological polar surface area (TPSA) is 33.1 Å². The minimum absolute atomic E-state index is 0.0739. The maximum absolute atomic E-state index is 9.60. The molecule has 0 aliphatic carbocycles. The Morgan fingerprint density at radius 2 is 2.00 bits per heavy atom. The van der Waals surface area contributed by atoms with Gasteiger partial charge in [0.25, 0.3) is 0 Å². The summed E-state index contributed by atoms with van der Waals surface area (Å²) in [5.41, 5.74) is 2.48. The molecule has 0 bridgehead atoms. The molecule has 0 unspecified atom stereocenters. The molecule has 0 fully saturated rings. The molecule has 14 heavy (non-hydrogen) atoms. The number of hydrogen-bond acceptors (Lipinski definition) is 2. The lowest BCUT2D eigenvalue weighted by Crippen LogP contribution is -1.87. The number of aromatic hydroxyl groups is 1.